The zero-order valence-corrected chi connectivity index (χ0v) is 11.5. The summed E-state index contributed by atoms with van der Waals surface area (Å²) in [6.45, 7) is 0. The largest absolute Gasteiger partial charge is 0.478 e. The molecule has 4 nitrogen and oxygen atoms in total. The van der Waals surface area contributed by atoms with E-state index in [1.165, 1.54) is 42.5 Å². The summed E-state index contributed by atoms with van der Waals surface area (Å²) in [6.07, 6.45) is -0.00936. The summed E-state index contributed by atoms with van der Waals surface area (Å²) in [5.41, 5.74) is 0.576. The molecule has 6 heteroatoms. The lowest BCUT2D eigenvalue weighted by Gasteiger charge is -2.10. The van der Waals surface area contributed by atoms with Gasteiger partial charge in [0.15, 0.2) is 0 Å². The molecule has 0 aliphatic rings. The first-order chi connectivity index (χ1) is 9.97. The normalized spacial score (nSPS) is 10.2. The van der Waals surface area contributed by atoms with Crippen LogP contribution in [-0.2, 0) is 11.2 Å². The van der Waals surface area contributed by atoms with Crippen LogP contribution in [0.5, 0.6) is 0 Å². The van der Waals surface area contributed by atoms with Crippen LogP contribution in [-0.4, -0.2) is 17.0 Å². The molecule has 2 aromatic carbocycles. The second kappa shape index (κ2) is 6.37. The number of nitrogens with one attached hydrogen (secondary N) is 1. The molecule has 0 saturated heterocycles. The van der Waals surface area contributed by atoms with Crippen molar-refractivity contribution in [2.45, 2.75) is 6.42 Å². The number of anilines is 1. The van der Waals surface area contributed by atoms with E-state index in [-0.39, 0.29) is 22.7 Å². The van der Waals surface area contributed by atoms with Gasteiger partial charge >= 0.3 is 5.97 Å². The van der Waals surface area contributed by atoms with Crippen LogP contribution < -0.4 is 5.32 Å². The number of carboxylic acid groups (broad SMARTS) is 1. The van der Waals surface area contributed by atoms with E-state index < -0.39 is 17.7 Å². The van der Waals surface area contributed by atoms with Gasteiger partial charge in [0.05, 0.1) is 22.7 Å². The molecule has 0 atom stereocenters. The average molecular weight is 308 g/mol. The molecule has 0 aromatic heterocycles. The Morgan fingerprint density at radius 2 is 1.81 bits per heavy atom. The van der Waals surface area contributed by atoms with Crippen molar-refractivity contribution >= 4 is 29.2 Å². The zero-order chi connectivity index (χ0) is 15.4. The van der Waals surface area contributed by atoms with Gasteiger partial charge in [-0.05, 0) is 29.8 Å². The van der Waals surface area contributed by atoms with Gasteiger partial charge in [-0.3, -0.25) is 4.79 Å². The van der Waals surface area contributed by atoms with Gasteiger partial charge in [-0.15, -0.1) is 0 Å². The predicted molar refractivity (Wildman–Crippen MR) is 77.1 cm³/mol. The number of hydrogen-bond acceptors (Lipinski definition) is 2. The van der Waals surface area contributed by atoms with E-state index >= 15 is 0 Å². The molecule has 0 heterocycles. The second-order valence-electron chi connectivity index (χ2n) is 4.32. The summed E-state index contributed by atoms with van der Waals surface area (Å²) < 4.78 is 12.8. The minimum Gasteiger partial charge on any atom is -0.478 e. The number of carboxylic acids is 1. The lowest BCUT2D eigenvalue weighted by Crippen LogP contribution is -2.17. The molecular weight excluding hydrogens is 297 g/mol. The number of aromatic carboxylic acids is 1. The number of rotatable bonds is 4. The number of carbonyl (C=O) groups excluding carboxylic acids is 1. The van der Waals surface area contributed by atoms with Gasteiger partial charge in [0, 0.05) is 0 Å². The maximum Gasteiger partial charge on any atom is 0.337 e. The number of para-hydroxylation sites is 1. The van der Waals surface area contributed by atoms with Crippen LogP contribution in [0.3, 0.4) is 0 Å². The zero-order valence-electron chi connectivity index (χ0n) is 10.8. The highest BCUT2D eigenvalue weighted by atomic mass is 35.5. The van der Waals surface area contributed by atoms with Crippen LogP contribution >= 0.6 is 11.6 Å². The Hall–Kier alpha value is -2.40. The molecule has 1 amide bonds. The first-order valence-electron chi connectivity index (χ1n) is 6.03. The SMILES string of the molecule is O=C(Cc1ccc(F)cc1)Nc1c(Cl)cccc1C(=O)O. The number of hydrogen-bond donors (Lipinski definition) is 2. The third-order valence-electron chi connectivity index (χ3n) is 2.79. The van der Waals surface area contributed by atoms with Crippen LogP contribution in [0.25, 0.3) is 0 Å². The van der Waals surface area contributed by atoms with E-state index in [1.807, 2.05) is 0 Å². The Labute approximate surface area is 125 Å². The van der Waals surface area contributed by atoms with Crippen molar-refractivity contribution in [1.29, 1.82) is 0 Å². The smallest absolute Gasteiger partial charge is 0.337 e. The Balaban J connectivity index is 2.16. The van der Waals surface area contributed by atoms with E-state index in [2.05, 4.69) is 5.32 Å². The van der Waals surface area contributed by atoms with Crippen LogP contribution in [0, 0.1) is 5.82 Å². The van der Waals surface area contributed by atoms with E-state index in [4.69, 9.17) is 16.7 Å². The number of carbonyl (C=O) groups is 2. The van der Waals surface area contributed by atoms with Gasteiger partial charge in [-0.1, -0.05) is 29.8 Å². The van der Waals surface area contributed by atoms with Crippen molar-refractivity contribution in [1.82, 2.24) is 0 Å². The lowest BCUT2D eigenvalue weighted by molar-refractivity contribution is -0.115. The van der Waals surface area contributed by atoms with E-state index in [9.17, 15) is 14.0 Å². The average Bonchev–Trinajstić information content (AvgIpc) is 2.43. The van der Waals surface area contributed by atoms with Crippen LogP contribution in [0.1, 0.15) is 15.9 Å². The van der Waals surface area contributed by atoms with Crippen LogP contribution in [0.15, 0.2) is 42.5 Å². The maximum absolute atomic E-state index is 12.8. The van der Waals surface area contributed by atoms with E-state index in [0.717, 1.165) is 0 Å². The van der Waals surface area contributed by atoms with Gasteiger partial charge < -0.3 is 10.4 Å². The minimum atomic E-state index is -1.19. The summed E-state index contributed by atoms with van der Waals surface area (Å²) in [5, 5.41) is 11.7. The fourth-order valence-electron chi connectivity index (χ4n) is 1.80. The molecule has 0 unspecified atom stereocenters. The Bertz CT molecular complexity index is 686. The molecule has 0 saturated carbocycles. The highest BCUT2D eigenvalue weighted by molar-refractivity contribution is 6.34. The number of amides is 1. The third-order valence-corrected chi connectivity index (χ3v) is 3.10. The summed E-state index contributed by atoms with van der Waals surface area (Å²) in [7, 11) is 0. The number of halogens is 2. The third kappa shape index (κ3) is 3.79. The van der Waals surface area contributed by atoms with E-state index in [0.29, 0.717) is 5.56 Å². The molecule has 0 spiro atoms. The lowest BCUT2D eigenvalue weighted by atomic mass is 10.1. The van der Waals surface area contributed by atoms with Crippen molar-refractivity contribution in [3.8, 4) is 0 Å². The summed E-state index contributed by atoms with van der Waals surface area (Å²) in [5.74, 6) is -2.01. The molecule has 2 aromatic rings. The first-order valence-corrected chi connectivity index (χ1v) is 6.41. The van der Waals surface area contributed by atoms with Gasteiger partial charge in [0.2, 0.25) is 5.91 Å². The van der Waals surface area contributed by atoms with Crippen molar-refractivity contribution in [2.24, 2.45) is 0 Å². The number of benzene rings is 2. The van der Waals surface area contributed by atoms with Crippen LogP contribution in [0.2, 0.25) is 5.02 Å². The Kier molecular flexibility index (Phi) is 4.55. The summed E-state index contributed by atoms with van der Waals surface area (Å²) >= 11 is 5.91. The molecule has 0 fully saturated rings. The van der Waals surface area contributed by atoms with Gasteiger partial charge in [-0.25, -0.2) is 9.18 Å². The second-order valence-corrected chi connectivity index (χ2v) is 4.73. The molecule has 108 valence electrons. The highest BCUT2D eigenvalue weighted by Gasteiger charge is 2.15. The molecule has 0 bridgehead atoms. The topological polar surface area (TPSA) is 66.4 Å². The van der Waals surface area contributed by atoms with Gasteiger partial charge in [0.25, 0.3) is 0 Å². The molecule has 2 N–H and O–H groups in total. The molecule has 2 rings (SSSR count). The predicted octanol–water partition coefficient (Wildman–Crippen LogP) is 3.36. The van der Waals surface area contributed by atoms with Crippen molar-refractivity contribution in [2.75, 3.05) is 5.32 Å². The monoisotopic (exact) mass is 307 g/mol. The van der Waals surface area contributed by atoms with E-state index in [1.54, 1.807) is 0 Å². The Morgan fingerprint density at radius 3 is 2.43 bits per heavy atom. The molecule has 21 heavy (non-hydrogen) atoms. The fraction of sp³-hybridized carbons (Fsp3) is 0.0667. The highest BCUT2D eigenvalue weighted by Crippen LogP contribution is 2.26. The fourth-order valence-corrected chi connectivity index (χ4v) is 2.02. The van der Waals surface area contributed by atoms with Crippen molar-refractivity contribution in [3.63, 3.8) is 0 Å². The molecular formula is C15H11ClFNO3. The summed E-state index contributed by atoms with van der Waals surface area (Å²) in [6, 6.07) is 9.80. The maximum atomic E-state index is 12.8. The van der Waals surface area contributed by atoms with Gasteiger partial charge in [0.1, 0.15) is 5.82 Å². The molecule has 0 radical (unpaired) electrons. The molecule has 0 aliphatic carbocycles. The standard InChI is InChI=1S/C15H11ClFNO3/c16-12-3-1-2-11(15(20)21)14(12)18-13(19)8-9-4-6-10(17)7-5-9/h1-7H,8H2,(H,18,19)(H,20,21). The first kappa shape index (κ1) is 15.0. The molecule has 0 aliphatic heterocycles. The quantitative estimate of drug-likeness (QED) is 0.910. The minimum absolute atomic E-state index is 0.00936. The van der Waals surface area contributed by atoms with Crippen LogP contribution in [0.4, 0.5) is 10.1 Å². The Morgan fingerprint density at radius 1 is 1.14 bits per heavy atom. The van der Waals surface area contributed by atoms with Gasteiger partial charge in [-0.2, -0.15) is 0 Å². The summed E-state index contributed by atoms with van der Waals surface area (Å²) in [4.78, 5) is 23.0. The van der Waals surface area contributed by atoms with Crippen molar-refractivity contribution < 1.29 is 19.1 Å². The van der Waals surface area contributed by atoms with Crippen molar-refractivity contribution in [3.05, 3.63) is 64.4 Å².